The molecule has 3 amide bonds. The lowest BCUT2D eigenvalue weighted by Crippen LogP contribution is -2.53. The maximum absolute atomic E-state index is 15.3. The van der Waals surface area contributed by atoms with E-state index in [0.717, 1.165) is 17.5 Å². The highest BCUT2D eigenvalue weighted by Gasteiger charge is 2.59. The molecule has 7 nitrogen and oxygen atoms in total. The van der Waals surface area contributed by atoms with Crippen LogP contribution in [-0.4, -0.2) is 57.9 Å². The van der Waals surface area contributed by atoms with Crippen LogP contribution in [0.1, 0.15) is 53.6 Å². The van der Waals surface area contributed by atoms with Gasteiger partial charge in [0.1, 0.15) is 11.7 Å². The molecule has 3 aliphatic heterocycles. The minimum atomic E-state index is -1.35. The van der Waals surface area contributed by atoms with Crippen LogP contribution in [0.3, 0.4) is 0 Å². The lowest BCUT2D eigenvalue weighted by Gasteiger charge is -2.29. The third-order valence-corrected chi connectivity index (χ3v) is 7.10. The molecule has 29 heavy (non-hydrogen) atoms. The van der Waals surface area contributed by atoms with E-state index in [4.69, 9.17) is 5.73 Å². The van der Waals surface area contributed by atoms with Crippen LogP contribution in [0.2, 0.25) is 0 Å². The monoisotopic (exact) mass is 400 g/mol. The first-order chi connectivity index (χ1) is 13.8. The zero-order valence-electron chi connectivity index (χ0n) is 16.2. The average molecular weight is 400 g/mol. The van der Waals surface area contributed by atoms with Gasteiger partial charge in [-0.1, -0.05) is 18.2 Å². The molecule has 2 saturated heterocycles. The van der Waals surface area contributed by atoms with Crippen LogP contribution in [0, 0.1) is 0 Å². The third kappa shape index (κ3) is 2.80. The first-order valence-electron chi connectivity index (χ1n) is 10.3. The molecule has 8 heteroatoms. The van der Waals surface area contributed by atoms with Crippen LogP contribution in [0.4, 0.5) is 4.39 Å². The normalized spacial score (nSPS) is 34.5. The van der Waals surface area contributed by atoms with Crippen molar-refractivity contribution in [3.05, 3.63) is 34.9 Å². The Morgan fingerprint density at radius 3 is 2.79 bits per heavy atom. The number of carbonyl (C=O) groups excluding carboxylic acids is 3. The molecule has 1 aliphatic carbocycles. The van der Waals surface area contributed by atoms with Gasteiger partial charge in [0.15, 0.2) is 0 Å². The van der Waals surface area contributed by atoms with Crippen LogP contribution in [0.25, 0.3) is 0 Å². The second-order valence-corrected chi connectivity index (χ2v) is 8.97. The van der Waals surface area contributed by atoms with E-state index < -0.39 is 23.2 Å². The van der Waals surface area contributed by atoms with Crippen LogP contribution in [0.15, 0.2) is 18.2 Å². The van der Waals surface area contributed by atoms with Crippen LogP contribution >= 0.6 is 0 Å². The van der Waals surface area contributed by atoms with Gasteiger partial charge in [-0.3, -0.25) is 24.6 Å². The molecular formula is C21H25FN4O3. The van der Waals surface area contributed by atoms with E-state index in [2.05, 4.69) is 5.32 Å². The second-order valence-electron chi connectivity index (χ2n) is 8.97. The summed E-state index contributed by atoms with van der Waals surface area (Å²) in [5.74, 6) is -0.908. The largest absolute Gasteiger partial charge is 0.322 e. The van der Waals surface area contributed by atoms with Crippen molar-refractivity contribution in [3.63, 3.8) is 0 Å². The molecule has 0 radical (unpaired) electrons. The van der Waals surface area contributed by atoms with Crippen molar-refractivity contribution in [2.24, 2.45) is 5.73 Å². The van der Waals surface area contributed by atoms with Gasteiger partial charge in [-0.2, -0.15) is 0 Å². The number of likely N-dealkylation sites (tertiary alicyclic amines) is 1. The van der Waals surface area contributed by atoms with E-state index in [0.29, 0.717) is 44.5 Å². The van der Waals surface area contributed by atoms with Gasteiger partial charge in [-0.25, -0.2) is 4.39 Å². The van der Waals surface area contributed by atoms with Crippen molar-refractivity contribution in [1.29, 1.82) is 0 Å². The van der Waals surface area contributed by atoms with E-state index in [9.17, 15) is 14.4 Å². The summed E-state index contributed by atoms with van der Waals surface area (Å²) >= 11 is 0. The summed E-state index contributed by atoms with van der Waals surface area (Å²) in [5, 5.41) is 2.32. The van der Waals surface area contributed by atoms with Crippen molar-refractivity contribution in [1.82, 2.24) is 15.1 Å². The molecule has 0 spiro atoms. The Morgan fingerprint density at radius 1 is 1.21 bits per heavy atom. The van der Waals surface area contributed by atoms with Crippen LogP contribution < -0.4 is 11.1 Å². The van der Waals surface area contributed by atoms with E-state index in [1.807, 2.05) is 23.1 Å². The summed E-state index contributed by atoms with van der Waals surface area (Å²) in [6, 6.07) is 5.05. The van der Waals surface area contributed by atoms with Gasteiger partial charge in [-0.05, 0) is 36.8 Å². The number of nitrogens with zero attached hydrogens (tertiary/aromatic N) is 2. The molecule has 154 valence electrons. The topological polar surface area (TPSA) is 95.7 Å². The number of fused-ring (bicyclic) bond motifs is 2. The van der Waals surface area contributed by atoms with E-state index >= 15 is 4.39 Å². The first kappa shape index (κ1) is 18.7. The standard InChI is InChI=1S/C21H25FN4O3/c22-20-7-2-8-21(20,23)12-25(11-20)9-13-3-1-4-14-10-26(19(29)17(13)14)15-5-6-16(27)24-18(15)28/h1,3-4,15H,2,5-12,23H2,(H,24,27,28)/t15?,20-,21+/m1/s1. The summed E-state index contributed by atoms with van der Waals surface area (Å²) in [7, 11) is 0. The average Bonchev–Trinajstić information content (AvgIpc) is 3.20. The van der Waals surface area contributed by atoms with E-state index in [1.165, 1.54) is 0 Å². The number of nitrogens with two attached hydrogens (primary N) is 1. The van der Waals surface area contributed by atoms with Crippen molar-refractivity contribution in [3.8, 4) is 0 Å². The zero-order valence-corrected chi connectivity index (χ0v) is 16.2. The number of nitrogens with one attached hydrogen (secondary N) is 1. The number of piperidine rings is 1. The molecule has 1 aromatic rings. The number of imide groups is 1. The molecule has 0 bridgehead atoms. The third-order valence-electron chi connectivity index (χ3n) is 7.10. The number of amides is 3. The van der Waals surface area contributed by atoms with Crippen LogP contribution in [0.5, 0.6) is 0 Å². The maximum atomic E-state index is 15.3. The number of hydrogen-bond donors (Lipinski definition) is 2. The summed E-state index contributed by atoms with van der Waals surface area (Å²) in [4.78, 5) is 40.4. The molecule has 3 fully saturated rings. The number of rotatable bonds is 3. The molecule has 3 heterocycles. The summed E-state index contributed by atoms with van der Waals surface area (Å²) in [6.07, 6.45) is 2.57. The van der Waals surface area contributed by atoms with Crippen molar-refractivity contribution < 1.29 is 18.8 Å². The Morgan fingerprint density at radius 2 is 2.03 bits per heavy atom. The van der Waals surface area contributed by atoms with Gasteiger partial charge in [0.05, 0.1) is 5.54 Å². The van der Waals surface area contributed by atoms with Crippen molar-refractivity contribution in [2.45, 2.75) is 62.4 Å². The highest BCUT2D eigenvalue weighted by atomic mass is 19.1. The summed E-state index contributed by atoms with van der Waals surface area (Å²) < 4.78 is 15.3. The molecule has 1 saturated carbocycles. The van der Waals surface area contributed by atoms with Gasteiger partial charge in [0.25, 0.3) is 5.91 Å². The zero-order chi connectivity index (χ0) is 20.4. The Bertz CT molecular complexity index is 903. The SMILES string of the molecule is N[C@]12CCC[C@@]1(F)CN(Cc1cccc3c1C(=O)N(C1CCC(=O)NC1=O)C3)C2. The van der Waals surface area contributed by atoms with Gasteiger partial charge in [-0.15, -0.1) is 0 Å². The maximum Gasteiger partial charge on any atom is 0.255 e. The predicted octanol–water partition coefficient (Wildman–Crippen LogP) is 0.853. The molecule has 1 aromatic carbocycles. The Labute approximate surface area is 168 Å². The summed E-state index contributed by atoms with van der Waals surface area (Å²) in [6.45, 7) is 1.58. The van der Waals surface area contributed by atoms with E-state index in [1.54, 1.807) is 4.90 Å². The minimum absolute atomic E-state index is 0.193. The number of hydrogen-bond acceptors (Lipinski definition) is 5. The molecule has 1 unspecified atom stereocenters. The van der Waals surface area contributed by atoms with Crippen molar-refractivity contribution in [2.75, 3.05) is 13.1 Å². The predicted molar refractivity (Wildman–Crippen MR) is 102 cm³/mol. The number of carbonyl (C=O) groups is 3. The van der Waals surface area contributed by atoms with Crippen molar-refractivity contribution >= 4 is 17.7 Å². The lowest BCUT2D eigenvalue weighted by molar-refractivity contribution is -0.136. The Kier molecular flexibility index (Phi) is 4.08. The smallest absolute Gasteiger partial charge is 0.255 e. The fourth-order valence-corrected chi connectivity index (χ4v) is 5.60. The molecule has 3 atom stereocenters. The molecule has 3 N–H and O–H groups in total. The number of benzene rings is 1. The van der Waals surface area contributed by atoms with Gasteiger partial charge in [0, 0.05) is 38.2 Å². The number of alkyl halides is 1. The fraction of sp³-hybridized carbons (Fsp3) is 0.571. The van der Waals surface area contributed by atoms with Gasteiger partial charge >= 0.3 is 0 Å². The number of halogens is 1. The molecular weight excluding hydrogens is 375 g/mol. The van der Waals surface area contributed by atoms with Gasteiger partial charge < -0.3 is 10.6 Å². The highest BCUT2D eigenvalue weighted by molar-refractivity contribution is 6.06. The van der Waals surface area contributed by atoms with E-state index in [-0.39, 0.29) is 24.8 Å². The Hall–Kier alpha value is -2.32. The highest BCUT2D eigenvalue weighted by Crippen LogP contribution is 2.46. The summed E-state index contributed by atoms with van der Waals surface area (Å²) in [5.41, 5.74) is 6.53. The minimum Gasteiger partial charge on any atom is -0.322 e. The first-order valence-corrected chi connectivity index (χ1v) is 10.3. The van der Waals surface area contributed by atoms with Gasteiger partial charge in [0.2, 0.25) is 11.8 Å². The molecule has 4 aliphatic rings. The van der Waals surface area contributed by atoms with Crippen LogP contribution in [-0.2, 0) is 22.7 Å². The second kappa shape index (κ2) is 6.34. The lowest BCUT2D eigenvalue weighted by atomic mass is 9.89. The fourth-order valence-electron chi connectivity index (χ4n) is 5.60. The quantitative estimate of drug-likeness (QED) is 0.734. The molecule has 0 aromatic heterocycles. The Balaban J connectivity index is 1.37. The molecule has 5 rings (SSSR count).